The van der Waals surface area contributed by atoms with E-state index < -0.39 is 0 Å². The van der Waals surface area contributed by atoms with Crippen molar-refractivity contribution in [2.24, 2.45) is 0 Å². The van der Waals surface area contributed by atoms with Crippen LogP contribution in [0.1, 0.15) is 5.56 Å². The van der Waals surface area contributed by atoms with Crippen molar-refractivity contribution in [2.75, 3.05) is 0 Å². The van der Waals surface area contributed by atoms with Crippen LogP contribution in [0.4, 0.5) is 4.39 Å². The maximum absolute atomic E-state index is 12.7. The largest absolute Gasteiger partial charge is 0.206 e. The van der Waals surface area contributed by atoms with Crippen molar-refractivity contribution in [1.29, 1.82) is 0 Å². The van der Waals surface area contributed by atoms with Gasteiger partial charge in [-0.3, -0.25) is 0 Å². The van der Waals surface area contributed by atoms with Crippen molar-refractivity contribution in [3.63, 3.8) is 0 Å². The van der Waals surface area contributed by atoms with Gasteiger partial charge in [-0.25, -0.2) is 4.39 Å². The number of benzene rings is 1. The fraction of sp³-hybridized carbons (Fsp3) is 0.143. The topological polar surface area (TPSA) is 0 Å². The Hall–Kier alpha value is 0.110. The standard InChI is InChI=1S/C7H5Br2F/c8-4-5-2-1-3-6(10)7(5)9/h1-3H,4H2. The predicted octanol–water partition coefficient (Wildman–Crippen LogP) is 3.48. The fourth-order valence-corrected chi connectivity index (χ4v) is 1.90. The van der Waals surface area contributed by atoms with E-state index in [4.69, 9.17) is 0 Å². The van der Waals surface area contributed by atoms with Gasteiger partial charge in [0.2, 0.25) is 0 Å². The van der Waals surface area contributed by atoms with Gasteiger partial charge in [0.05, 0.1) is 4.47 Å². The van der Waals surface area contributed by atoms with E-state index in [1.54, 1.807) is 6.07 Å². The summed E-state index contributed by atoms with van der Waals surface area (Å²) < 4.78 is 13.2. The molecule has 0 aromatic heterocycles. The lowest BCUT2D eigenvalue weighted by atomic mass is 10.2. The van der Waals surface area contributed by atoms with Gasteiger partial charge in [-0.2, -0.15) is 0 Å². The molecule has 0 atom stereocenters. The molecule has 0 aliphatic carbocycles. The molecule has 3 heteroatoms. The minimum absolute atomic E-state index is 0.211. The van der Waals surface area contributed by atoms with E-state index in [1.807, 2.05) is 6.07 Å². The third-order valence-corrected chi connectivity index (χ3v) is 2.67. The molecule has 0 saturated heterocycles. The van der Waals surface area contributed by atoms with Crippen LogP contribution in [0.3, 0.4) is 0 Å². The number of alkyl halides is 1. The summed E-state index contributed by atoms with van der Waals surface area (Å²) in [5, 5.41) is 0.672. The van der Waals surface area contributed by atoms with Gasteiger partial charge in [-0.15, -0.1) is 0 Å². The van der Waals surface area contributed by atoms with Crippen LogP contribution in [0.25, 0.3) is 0 Å². The van der Waals surface area contributed by atoms with Gasteiger partial charge in [-0.1, -0.05) is 28.1 Å². The summed E-state index contributed by atoms with van der Waals surface area (Å²) in [6.45, 7) is 0. The van der Waals surface area contributed by atoms with Crippen molar-refractivity contribution in [2.45, 2.75) is 5.33 Å². The van der Waals surface area contributed by atoms with Gasteiger partial charge in [0, 0.05) is 5.33 Å². The second-order valence-corrected chi connectivity index (χ2v) is 3.20. The number of halogens is 3. The minimum atomic E-state index is -0.211. The van der Waals surface area contributed by atoms with E-state index in [-0.39, 0.29) is 5.82 Å². The van der Waals surface area contributed by atoms with Crippen molar-refractivity contribution < 1.29 is 4.39 Å². The Balaban J connectivity index is 3.14. The van der Waals surface area contributed by atoms with Crippen LogP contribution < -0.4 is 0 Å². The quantitative estimate of drug-likeness (QED) is 0.684. The normalized spacial score (nSPS) is 9.90. The van der Waals surface area contributed by atoms with E-state index in [2.05, 4.69) is 31.9 Å². The lowest BCUT2D eigenvalue weighted by Gasteiger charge is -1.98. The second kappa shape index (κ2) is 3.49. The highest BCUT2D eigenvalue weighted by Gasteiger charge is 2.01. The summed E-state index contributed by atoms with van der Waals surface area (Å²) >= 11 is 6.38. The summed E-state index contributed by atoms with van der Waals surface area (Å²) in [6.07, 6.45) is 0. The van der Waals surface area contributed by atoms with Gasteiger partial charge in [0.1, 0.15) is 5.82 Å². The molecule has 0 spiro atoms. The van der Waals surface area contributed by atoms with Crippen LogP contribution in [0.5, 0.6) is 0 Å². The van der Waals surface area contributed by atoms with E-state index in [0.717, 1.165) is 5.56 Å². The van der Waals surface area contributed by atoms with Crippen LogP contribution in [-0.4, -0.2) is 0 Å². The zero-order chi connectivity index (χ0) is 7.56. The zero-order valence-electron chi connectivity index (χ0n) is 5.07. The molecule has 0 radical (unpaired) electrons. The molecule has 0 unspecified atom stereocenters. The molecule has 0 bridgehead atoms. The monoisotopic (exact) mass is 266 g/mol. The first-order valence-electron chi connectivity index (χ1n) is 2.74. The Kier molecular flexibility index (Phi) is 2.86. The molecule has 0 saturated carbocycles. The molecule has 0 aliphatic heterocycles. The Labute approximate surface area is 75.7 Å². The zero-order valence-corrected chi connectivity index (χ0v) is 8.25. The van der Waals surface area contributed by atoms with Gasteiger partial charge >= 0.3 is 0 Å². The molecular formula is C7H5Br2F. The van der Waals surface area contributed by atoms with Gasteiger partial charge in [0.15, 0.2) is 0 Å². The molecule has 1 aromatic rings. The number of rotatable bonds is 1. The maximum atomic E-state index is 12.7. The summed E-state index contributed by atoms with van der Waals surface area (Å²) in [7, 11) is 0. The molecule has 0 fully saturated rings. The predicted molar refractivity (Wildman–Crippen MR) is 46.7 cm³/mol. The number of hydrogen-bond donors (Lipinski definition) is 0. The Morgan fingerprint density at radius 1 is 1.40 bits per heavy atom. The summed E-state index contributed by atoms with van der Waals surface area (Å²) in [6, 6.07) is 4.98. The lowest BCUT2D eigenvalue weighted by molar-refractivity contribution is 0.619. The Morgan fingerprint density at radius 2 is 2.10 bits per heavy atom. The van der Waals surface area contributed by atoms with Crippen LogP contribution in [-0.2, 0) is 5.33 Å². The maximum Gasteiger partial charge on any atom is 0.137 e. The molecule has 54 valence electrons. The van der Waals surface area contributed by atoms with Crippen LogP contribution in [0.15, 0.2) is 22.7 Å². The van der Waals surface area contributed by atoms with Crippen LogP contribution >= 0.6 is 31.9 Å². The molecule has 0 aliphatic rings. The summed E-state index contributed by atoms with van der Waals surface area (Å²) in [5.41, 5.74) is 0.931. The third kappa shape index (κ3) is 1.58. The molecule has 10 heavy (non-hydrogen) atoms. The number of hydrogen-bond acceptors (Lipinski definition) is 0. The van der Waals surface area contributed by atoms with Crippen molar-refractivity contribution in [3.8, 4) is 0 Å². The van der Waals surface area contributed by atoms with E-state index in [9.17, 15) is 4.39 Å². The van der Waals surface area contributed by atoms with Crippen molar-refractivity contribution in [3.05, 3.63) is 34.1 Å². The molecule has 1 rings (SSSR count). The van der Waals surface area contributed by atoms with E-state index in [1.165, 1.54) is 6.07 Å². The highest BCUT2D eigenvalue weighted by molar-refractivity contribution is 9.10. The van der Waals surface area contributed by atoms with Crippen LogP contribution in [0, 0.1) is 5.82 Å². The lowest BCUT2D eigenvalue weighted by Crippen LogP contribution is -1.83. The highest BCUT2D eigenvalue weighted by Crippen LogP contribution is 2.21. The summed E-state index contributed by atoms with van der Waals surface area (Å²) in [4.78, 5) is 0. The SMILES string of the molecule is Fc1cccc(CBr)c1Br. The first kappa shape index (κ1) is 8.21. The molecule has 0 N–H and O–H groups in total. The third-order valence-electron chi connectivity index (χ3n) is 1.18. The Bertz CT molecular complexity index is 235. The molecule has 0 amide bonds. The second-order valence-electron chi connectivity index (χ2n) is 1.85. The van der Waals surface area contributed by atoms with E-state index in [0.29, 0.717) is 9.80 Å². The molecule has 0 heterocycles. The molecule has 1 aromatic carbocycles. The van der Waals surface area contributed by atoms with Gasteiger partial charge in [0.25, 0.3) is 0 Å². The average Bonchev–Trinajstić information content (AvgIpc) is 1.95. The van der Waals surface area contributed by atoms with Crippen molar-refractivity contribution in [1.82, 2.24) is 0 Å². The highest BCUT2D eigenvalue weighted by atomic mass is 79.9. The first-order valence-corrected chi connectivity index (χ1v) is 4.66. The Morgan fingerprint density at radius 3 is 2.60 bits per heavy atom. The van der Waals surface area contributed by atoms with Crippen LogP contribution in [0.2, 0.25) is 0 Å². The average molecular weight is 268 g/mol. The fourth-order valence-electron chi connectivity index (χ4n) is 0.652. The summed E-state index contributed by atoms with van der Waals surface area (Å²) in [5.74, 6) is -0.211. The smallest absolute Gasteiger partial charge is 0.137 e. The molecular weight excluding hydrogens is 263 g/mol. The first-order chi connectivity index (χ1) is 4.75. The molecule has 0 nitrogen and oxygen atoms in total. The van der Waals surface area contributed by atoms with Crippen molar-refractivity contribution >= 4 is 31.9 Å². The van der Waals surface area contributed by atoms with Gasteiger partial charge < -0.3 is 0 Å². The minimum Gasteiger partial charge on any atom is -0.206 e. The van der Waals surface area contributed by atoms with E-state index >= 15 is 0 Å². The van der Waals surface area contributed by atoms with Gasteiger partial charge in [-0.05, 0) is 27.6 Å².